The van der Waals surface area contributed by atoms with Gasteiger partial charge in [-0.3, -0.25) is 14.3 Å². The first kappa shape index (κ1) is 27.5. The lowest BCUT2D eigenvalue weighted by Gasteiger charge is -2.21. The Balaban J connectivity index is 1.77. The van der Waals surface area contributed by atoms with Gasteiger partial charge >= 0.3 is 0 Å². The quantitative estimate of drug-likeness (QED) is 0.290. The van der Waals surface area contributed by atoms with Crippen LogP contribution in [0.1, 0.15) is 5.69 Å². The van der Waals surface area contributed by atoms with Gasteiger partial charge in [0.25, 0.3) is 5.56 Å². The molecule has 5 rings (SSSR count). The SMILES string of the molecule is COc1cccc(OC)c1-n1c(-c2ccc(F)cc2)nc(=O)c(S(=O)(=O)c2ccc(-c3cccnc3C)cc2)c1O. The van der Waals surface area contributed by atoms with Crippen LogP contribution in [0.2, 0.25) is 0 Å². The van der Waals surface area contributed by atoms with Crippen molar-refractivity contribution in [3.05, 3.63) is 107 Å². The molecule has 0 saturated heterocycles. The number of nitrogens with zero attached hydrogens (tertiary/aromatic N) is 3. The third kappa shape index (κ3) is 4.91. The van der Waals surface area contributed by atoms with Crippen molar-refractivity contribution in [3.63, 3.8) is 0 Å². The number of pyridine rings is 1. The molecule has 41 heavy (non-hydrogen) atoms. The van der Waals surface area contributed by atoms with Crippen molar-refractivity contribution in [2.75, 3.05) is 14.2 Å². The molecule has 0 saturated carbocycles. The van der Waals surface area contributed by atoms with Gasteiger partial charge in [0.15, 0.2) is 10.7 Å². The summed E-state index contributed by atoms with van der Waals surface area (Å²) in [6.45, 7) is 1.83. The summed E-state index contributed by atoms with van der Waals surface area (Å²) in [6.07, 6.45) is 1.66. The normalized spacial score (nSPS) is 11.3. The van der Waals surface area contributed by atoms with Crippen LogP contribution in [0.5, 0.6) is 17.4 Å². The number of aromatic hydroxyl groups is 1. The molecule has 9 nitrogen and oxygen atoms in total. The Morgan fingerprint density at radius 3 is 2.05 bits per heavy atom. The monoisotopic (exact) mass is 573 g/mol. The van der Waals surface area contributed by atoms with E-state index in [0.29, 0.717) is 0 Å². The van der Waals surface area contributed by atoms with Crippen molar-refractivity contribution in [1.29, 1.82) is 0 Å². The average molecular weight is 574 g/mol. The number of para-hydroxylation sites is 1. The van der Waals surface area contributed by atoms with Crippen LogP contribution in [-0.2, 0) is 9.84 Å². The zero-order valence-electron chi connectivity index (χ0n) is 22.2. The summed E-state index contributed by atoms with van der Waals surface area (Å²) < 4.78 is 53.4. The second-order valence-electron chi connectivity index (χ2n) is 8.91. The summed E-state index contributed by atoms with van der Waals surface area (Å²) in [5, 5.41) is 11.6. The Morgan fingerprint density at radius 2 is 1.46 bits per heavy atom. The van der Waals surface area contributed by atoms with E-state index in [4.69, 9.17) is 9.47 Å². The molecular weight excluding hydrogens is 549 g/mol. The van der Waals surface area contributed by atoms with Gasteiger partial charge in [-0.25, -0.2) is 12.8 Å². The van der Waals surface area contributed by atoms with Crippen LogP contribution in [0.4, 0.5) is 4.39 Å². The van der Waals surface area contributed by atoms with Crippen LogP contribution in [0.15, 0.2) is 99.6 Å². The lowest BCUT2D eigenvalue weighted by atomic mass is 10.1. The van der Waals surface area contributed by atoms with Crippen LogP contribution in [-0.4, -0.2) is 42.3 Å². The molecule has 1 N–H and O–H groups in total. The molecule has 0 spiro atoms. The van der Waals surface area contributed by atoms with Crippen LogP contribution >= 0.6 is 0 Å². The van der Waals surface area contributed by atoms with Gasteiger partial charge in [0, 0.05) is 23.0 Å². The van der Waals surface area contributed by atoms with Crippen molar-refractivity contribution in [2.45, 2.75) is 16.7 Å². The molecule has 3 aromatic carbocycles. The third-order valence-electron chi connectivity index (χ3n) is 6.51. The number of aromatic nitrogens is 3. The molecule has 0 aliphatic carbocycles. The number of rotatable bonds is 7. The van der Waals surface area contributed by atoms with E-state index in [1.54, 1.807) is 42.6 Å². The van der Waals surface area contributed by atoms with Gasteiger partial charge in [-0.1, -0.05) is 24.3 Å². The van der Waals surface area contributed by atoms with E-state index in [2.05, 4.69) is 9.97 Å². The number of sulfone groups is 1. The summed E-state index contributed by atoms with van der Waals surface area (Å²) in [5.74, 6) is -1.23. The predicted octanol–water partition coefficient (Wildman–Crippen LogP) is 4.96. The van der Waals surface area contributed by atoms with Crippen LogP contribution in [0.3, 0.4) is 0 Å². The number of hydrogen-bond acceptors (Lipinski definition) is 8. The summed E-state index contributed by atoms with van der Waals surface area (Å²) in [6, 6.07) is 19.3. The van der Waals surface area contributed by atoms with E-state index in [-0.39, 0.29) is 33.5 Å². The van der Waals surface area contributed by atoms with E-state index in [9.17, 15) is 22.7 Å². The Bertz CT molecular complexity index is 1900. The van der Waals surface area contributed by atoms with Gasteiger partial charge in [0.05, 0.1) is 19.1 Å². The molecule has 0 amide bonds. The van der Waals surface area contributed by atoms with Gasteiger partial charge in [0.1, 0.15) is 23.0 Å². The maximum atomic E-state index is 13.8. The largest absolute Gasteiger partial charge is 0.494 e. The fraction of sp³-hybridized carbons (Fsp3) is 0.100. The molecule has 0 radical (unpaired) electrons. The second-order valence-corrected chi connectivity index (χ2v) is 10.8. The molecule has 2 heterocycles. The molecule has 0 unspecified atom stereocenters. The van der Waals surface area contributed by atoms with E-state index in [0.717, 1.165) is 33.5 Å². The first-order chi connectivity index (χ1) is 19.7. The lowest BCUT2D eigenvalue weighted by molar-refractivity contribution is 0.378. The Hall–Kier alpha value is -5.03. The first-order valence-corrected chi connectivity index (χ1v) is 13.8. The Morgan fingerprint density at radius 1 is 0.854 bits per heavy atom. The van der Waals surface area contributed by atoms with Crippen molar-refractivity contribution in [3.8, 4) is 45.6 Å². The standard InChI is InChI=1S/C30H24FN3O6S/c1-18-23(6-5-17-32-18)19-11-15-22(16-12-19)41(37,38)27-29(35)33-28(20-9-13-21(31)14-10-20)34(30(27)36)26-24(39-2)7-4-8-25(26)40-3/h4-17,36H,1-3H3. The molecule has 0 fully saturated rings. The zero-order valence-corrected chi connectivity index (χ0v) is 23.0. The molecule has 0 atom stereocenters. The highest BCUT2D eigenvalue weighted by Gasteiger charge is 2.32. The number of aryl methyl sites for hydroxylation is 1. The van der Waals surface area contributed by atoms with Crippen molar-refractivity contribution in [2.24, 2.45) is 0 Å². The number of halogens is 1. The fourth-order valence-electron chi connectivity index (χ4n) is 4.51. The first-order valence-electron chi connectivity index (χ1n) is 12.3. The van der Waals surface area contributed by atoms with E-state index >= 15 is 0 Å². The molecule has 0 aliphatic heterocycles. The molecule has 0 bridgehead atoms. The number of benzene rings is 3. The fourth-order valence-corrected chi connectivity index (χ4v) is 5.84. The molecule has 11 heteroatoms. The van der Waals surface area contributed by atoms with Crippen LogP contribution in [0, 0.1) is 12.7 Å². The van der Waals surface area contributed by atoms with E-state index < -0.39 is 32.0 Å². The summed E-state index contributed by atoms with van der Waals surface area (Å²) in [5.41, 5.74) is 1.41. The predicted molar refractivity (Wildman–Crippen MR) is 150 cm³/mol. The number of ether oxygens (including phenoxy) is 2. The highest BCUT2D eigenvalue weighted by atomic mass is 32.2. The summed E-state index contributed by atoms with van der Waals surface area (Å²) in [7, 11) is -1.83. The summed E-state index contributed by atoms with van der Waals surface area (Å²) >= 11 is 0. The highest BCUT2D eigenvalue weighted by molar-refractivity contribution is 7.91. The highest BCUT2D eigenvalue weighted by Crippen LogP contribution is 2.40. The topological polar surface area (TPSA) is 121 Å². The molecule has 2 aromatic heterocycles. The maximum absolute atomic E-state index is 13.8. The van der Waals surface area contributed by atoms with Crippen molar-refractivity contribution < 1.29 is 27.4 Å². The second kappa shape index (κ2) is 10.9. The van der Waals surface area contributed by atoms with Crippen LogP contribution in [0.25, 0.3) is 28.2 Å². The molecule has 5 aromatic rings. The number of methoxy groups -OCH3 is 2. The molecule has 0 aliphatic rings. The minimum atomic E-state index is -4.59. The van der Waals surface area contributed by atoms with Crippen molar-refractivity contribution >= 4 is 9.84 Å². The average Bonchev–Trinajstić information content (AvgIpc) is 2.97. The van der Waals surface area contributed by atoms with Gasteiger partial charge in [0.2, 0.25) is 15.7 Å². The van der Waals surface area contributed by atoms with Gasteiger partial charge < -0.3 is 14.6 Å². The van der Waals surface area contributed by atoms with E-state index in [1.165, 1.54) is 38.5 Å². The number of hydrogen-bond donors (Lipinski definition) is 1. The minimum Gasteiger partial charge on any atom is -0.494 e. The summed E-state index contributed by atoms with van der Waals surface area (Å²) in [4.78, 5) is 20.5. The third-order valence-corrected chi connectivity index (χ3v) is 8.29. The van der Waals surface area contributed by atoms with Crippen LogP contribution < -0.4 is 15.0 Å². The Labute approximate surface area is 235 Å². The van der Waals surface area contributed by atoms with Gasteiger partial charge in [-0.05, 0) is 67.1 Å². The molecule has 208 valence electrons. The lowest BCUT2D eigenvalue weighted by Crippen LogP contribution is -2.23. The van der Waals surface area contributed by atoms with Gasteiger partial charge in [-0.15, -0.1) is 0 Å². The smallest absolute Gasteiger partial charge is 0.296 e. The zero-order chi connectivity index (χ0) is 29.3. The maximum Gasteiger partial charge on any atom is 0.296 e. The minimum absolute atomic E-state index is 0.0840. The van der Waals surface area contributed by atoms with Gasteiger partial charge in [-0.2, -0.15) is 4.98 Å². The Kier molecular flexibility index (Phi) is 7.29. The molecular formula is C30H24FN3O6S. The van der Waals surface area contributed by atoms with Crippen molar-refractivity contribution in [1.82, 2.24) is 14.5 Å². The van der Waals surface area contributed by atoms with E-state index in [1.807, 2.05) is 13.0 Å².